The third-order valence-electron chi connectivity index (χ3n) is 5.48. The van der Waals surface area contributed by atoms with Crippen molar-refractivity contribution in [1.29, 1.82) is 0 Å². The molecule has 0 saturated carbocycles. The van der Waals surface area contributed by atoms with E-state index in [9.17, 15) is 0 Å². The first kappa shape index (κ1) is 14.5. The van der Waals surface area contributed by atoms with E-state index >= 15 is 0 Å². The molecule has 4 aromatic rings. The maximum Gasteiger partial charge on any atom is 0.238 e. The first-order chi connectivity index (χ1) is 12.1. The third-order valence-corrected chi connectivity index (χ3v) is 5.48. The van der Waals surface area contributed by atoms with Gasteiger partial charge in [-0.25, -0.2) is 0 Å². The summed E-state index contributed by atoms with van der Waals surface area (Å²) >= 11 is 0. The van der Waals surface area contributed by atoms with Gasteiger partial charge < -0.3 is 0 Å². The maximum absolute atomic E-state index is 2.37. The number of rotatable bonds is 1. The van der Waals surface area contributed by atoms with E-state index in [1.54, 1.807) is 0 Å². The quantitative estimate of drug-likeness (QED) is 0.397. The molecular formula is C23H21N2+. The number of nitrogens with zero attached hydrogens (tertiary/aromatic N) is 2. The molecule has 0 bridgehead atoms. The molecule has 0 unspecified atom stereocenters. The summed E-state index contributed by atoms with van der Waals surface area (Å²) in [5, 5.41) is 1.29. The Morgan fingerprint density at radius 1 is 0.880 bits per heavy atom. The molecule has 1 heterocycles. The number of aryl methyl sites for hydroxylation is 3. The molecule has 2 nitrogen and oxygen atoms in total. The molecule has 3 aromatic carbocycles. The lowest BCUT2D eigenvalue weighted by atomic mass is 10.0. The van der Waals surface area contributed by atoms with Gasteiger partial charge >= 0.3 is 0 Å². The highest BCUT2D eigenvalue weighted by Crippen LogP contribution is 2.39. The van der Waals surface area contributed by atoms with Crippen LogP contribution < -0.4 is 4.68 Å². The van der Waals surface area contributed by atoms with Crippen molar-refractivity contribution in [2.24, 2.45) is 7.05 Å². The zero-order valence-electron chi connectivity index (χ0n) is 14.9. The first-order valence-corrected chi connectivity index (χ1v) is 8.82. The predicted molar refractivity (Wildman–Crippen MR) is 102 cm³/mol. The standard InChI is InChI=1S/C23H21N2/c1-15-8-9-20-17(10-15)11-18-13-23-19(12-21(18)20)14-25(24(23)3)22-7-5-4-6-16(22)2/h4-10,12-14H,11H2,1-3H3/q+1. The number of fused-ring (bicyclic) bond motifs is 4. The van der Waals surface area contributed by atoms with E-state index in [1.807, 2.05) is 0 Å². The molecule has 5 rings (SSSR count). The molecule has 0 spiro atoms. The smallest absolute Gasteiger partial charge is 0.150 e. The minimum atomic E-state index is 1.04. The number of hydrogen-bond acceptors (Lipinski definition) is 0. The normalized spacial score (nSPS) is 12.4. The fourth-order valence-electron chi connectivity index (χ4n) is 4.15. The summed E-state index contributed by atoms with van der Waals surface area (Å²) in [5.41, 5.74) is 10.8. The summed E-state index contributed by atoms with van der Waals surface area (Å²) in [5.74, 6) is 0. The Morgan fingerprint density at radius 3 is 2.52 bits per heavy atom. The fraction of sp³-hybridized carbons (Fsp3) is 0.174. The Hall–Kier alpha value is -2.87. The molecule has 25 heavy (non-hydrogen) atoms. The summed E-state index contributed by atoms with van der Waals surface area (Å²) in [6.45, 7) is 4.34. The van der Waals surface area contributed by atoms with Crippen molar-refractivity contribution in [3.8, 4) is 16.8 Å². The molecule has 0 fully saturated rings. The van der Waals surface area contributed by atoms with Gasteiger partial charge in [-0.1, -0.05) is 46.6 Å². The Balaban J connectivity index is 1.74. The lowest BCUT2D eigenvalue weighted by Gasteiger charge is -2.02. The molecule has 1 aliphatic carbocycles. The van der Waals surface area contributed by atoms with Crippen molar-refractivity contribution in [2.75, 3.05) is 0 Å². The third kappa shape index (κ3) is 2.07. The van der Waals surface area contributed by atoms with Crippen LogP contribution in [0.5, 0.6) is 0 Å². The highest BCUT2D eigenvalue weighted by molar-refractivity contribution is 5.89. The number of aromatic nitrogens is 2. The average molecular weight is 325 g/mol. The Labute approximate surface area is 147 Å². The van der Waals surface area contributed by atoms with Gasteiger partial charge in [0.15, 0.2) is 0 Å². The minimum absolute atomic E-state index is 1.04. The van der Waals surface area contributed by atoms with Crippen LogP contribution in [0.2, 0.25) is 0 Å². The zero-order valence-corrected chi connectivity index (χ0v) is 14.9. The van der Waals surface area contributed by atoms with Crippen LogP contribution in [0.25, 0.3) is 27.7 Å². The fourth-order valence-corrected chi connectivity index (χ4v) is 4.15. The van der Waals surface area contributed by atoms with Crippen LogP contribution in [0.4, 0.5) is 0 Å². The molecule has 1 aliphatic rings. The van der Waals surface area contributed by atoms with Gasteiger partial charge in [0.25, 0.3) is 0 Å². The van der Waals surface area contributed by atoms with Gasteiger partial charge in [-0.2, -0.15) is 4.68 Å². The highest BCUT2D eigenvalue weighted by Gasteiger charge is 2.23. The van der Waals surface area contributed by atoms with Gasteiger partial charge in [-0.05, 0) is 54.7 Å². The molecule has 0 N–H and O–H groups in total. The van der Waals surface area contributed by atoms with Crippen molar-refractivity contribution in [3.05, 3.63) is 83.0 Å². The van der Waals surface area contributed by atoms with Crippen LogP contribution in [0.3, 0.4) is 0 Å². The Morgan fingerprint density at radius 2 is 1.68 bits per heavy atom. The van der Waals surface area contributed by atoms with Crippen molar-refractivity contribution >= 4 is 10.9 Å². The van der Waals surface area contributed by atoms with Gasteiger partial charge in [0.1, 0.15) is 5.52 Å². The molecule has 122 valence electrons. The van der Waals surface area contributed by atoms with Crippen LogP contribution in [0.1, 0.15) is 22.3 Å². The van der Waals surface area contributed by atoms with Gasteiger partial charge in [0, 0.05) is 11.6 Å². The summed E-state index contributed by atoms with van der Waals surface area (Å²) < 4.78 is 4.51. The van der Waals surface area contributed by atoms with Crippen LogP contribution in [-0.4, -0.2) is 4.68 Å². The largest absolute Gasteiger partial charge is 0.238 e. The SMILES string of the molecule is Cc1ccc2c(c1)Cc1cc3c(cc1-2)c[n+](-c1ccccc1C)n3C. The van der Waals surface area contributed by atoms with E-state index in [0.29, 0.717) is 0 Å². The second-order valence-corrected chi connectivity index (χ2v) is 7.19. The van der Waals surface area contributed by atoms with Crippen LogP contribution in [0.15, 0.2) is 60.8 Å². The van der Waals surface area contributed by atoms with Gasteiger partial charge in [0.2, 0.25) is 11.9 Å². The van der Waals surface area contributed by atoms with Crippen molar-refractivity contribution in [2.45, 2.75) is 20.3 Å². The topological polar surface area (TPSA) is 8.81 Å². The molecule has 0 saturated heterocycles. The van der Waals surface area contributed by atoms with Gasteiger partial charge in [0.05, 0.1) is 12.4 Å². The van der Waals surface area contributed by atoms with Gasteiger partial charge in [-0.15, -0.1) is 0 Å². The van der Waals surface area contributed by atoms with E-state index < -0.39 is 0 Å². The summed E-state index contributed by atoms with van der Waals surface area (Å²) in [6.07, 6.45) is 3.29. The molecule has 0 amide bonds. The predicted octanol–water partition coefficient (Wildman–Crippen LogP) is 4.64. The summed E-state index contributed by atoms with van der Waals surface area (Å²) in [7, 11) is 2.15. The molecule has 0 atom stereocenters. The summed E-state index contributed by atoms with van der Waals surface area (Å²) in [4.78, 5) is 0. The Kier molecular flexibility index (Phi) is 2.93. The first-order valence-electron chi connectivity index (χ1n) is 8.82. The second-order valence-electron chi connectivity index (χ2n) is 7.19. The molecule has 0 aliphatic heterocycles. The number of benzene rings is 3. The van der Waals surface area contributed by atoms with E-state index in [-0.39, 0.29) is 0 Å². The van der Waals surface area contributed by atoms with E-state index in [2.05, 4.69) is 91.1 Å². The minimum Gasteiger partial charge on any atom is -0.150 e. The lowest BCUT2D eigenvalue weighted by molar-refractivity contribution is -0.680. The average Bonchev–Trinajstić information content (AvgIpc) is 3.10. The monoisotopic (exact) mass is 325 g/mol. The van der Waals surface area contributed by atoms with Crippen LogP contribution >= 0.6 is 0 Å². The van der Waals surface area contributed by atoms with Crippen molar-refractivity contribution in [1.82, 2.24) is 4.68 Å². The molecule has 0 radical (unpaired) electrons. The lowest BCUT2D eigenvalue weighted by Crippen LogP contribution is -2.39. The second kappa shape index (κ2) is 5.06. The summed E-state index contributed by atoms with van der Waals surface area (Å²) in [6, 6.07) is 20.1. The van der Waals surface area contributed by atoms with Crippen molar-refractivity contribution in [3.63, 3.8) is 0 Å². The van der Waals surface area contributed by atoms with Crippen molar-refractivity contribution < 1.29 is 4.68 Å². The van der Waals surface area contributed by atoms with Gasteiger partial charge in [-0.3, -0.25) is 0 Å². The molecule has 1 aromatic heterocycles. The van der Waals surface area contributed by atoms with Crippen LogP contribution in [-0.2, 0) is 13.5 Å². The van der Waals surface area contributed by atoms with Crippen LogP contribution in [0, 0.1) is 13.8 Å². The van der Waals surface area contributed by atoms with E-state index in [4.69, 9.17) is 0 Å². The number of hydrogen-bond donors (Lipinski definition) is 0. The Bertz CT molecular complexity index is 1150. The number of para-hydroxylation sites is 1. The maximum atomic E-state index is 2.37. The van der Waals surface area contributed by atoms with E-state index in [1.165, 1.54) is 50.0 Å². The van der Waals surface area contributed by atoms with E-state index in [0.717, 1.165) is 6.42 Å². The molecular weight excluding hydrogens is 304 g/mol. The highest BCUT2D eigenvalue weighted by atomic mass is 15.4. The molecule has 2 heteroatoms. The zero-order chi connectivity index (χ0) is 17.1.